The summed E-state index contributed by atoms with van der Waals surface area (Å²) in [5.74, 6) is 0. The van der Waals surface area contributed by atoms with Gasteiger partial charge in [0, 0.05) is 0 Å². The van der Waals surface area contributed by atoms with Crippen LogP contribution in [0.1, 0.15) is 0 Å². The molecule has 0 nitrogen and oxygen atoms in total. The van der Waals surface area contributed by atoms with Crippen LogP contribution in [0.4, 0.5) is 0 Å². The van der Waals surface area contributed by atoms with E-state index in [1.807, 2.05) is 12.5 Å². The number of halogens is 4. The van der Waals surface area contributed by atoms with E-state index in [4.69, 9.17) is 46.1 Å². The van der Waals surface area contributed by atoms with Gasteiger partial charge in [-0.15, -0.1) is 23.2 Å². The molecule has 0 amide bonds. The maximum atomic E-state index is 5.50. The van der Waals surface area contributed by atoms with Gasteiger partial charge in [-0.25, -0.2) is 0 Å². The van der Waals surface area contributed by atoms with Crippen LogP contribution in [-0.4, -0.2) is 32.0 Å². The number of rotatable bonds is 4. The van der Waals surface area contributed by atoms with E-state index in [0.29, 0.717) is 0 Å². The predicted octanol–water partition coefficient (Wildman–Crippen LogP) is 3.28. The van der Waals surface area contributed by atoms with E-state index in [0.717, 1.165) is 12.4 Å². The van der Waals surface area contributed by atoms with Gasteiger partial charge in [0.2, 0.25) is 0 Å². The highest BCUT2D eigenvalue weighted by Gasteiger charge is 2.06. The minimum atomic E-state index is -0.335. The SMILES string of the molecule is CSC.ClB(Cl)CC[SiH2]C(Cl)Cl. The van der Waals surface area contributed by atoms with E-state index < -0.39 is 0 Å². The Morgan fingerprint density at radius 2 is 1.75 bits per heavy atom. The van der Waals surface area contributed by atoms with Crippen molar-refractivity contribution >= 4 is 72.9 Å². The maximum absolute atomic E-state index is 5.50. The molecule has 0 radical (unpaired) electrons. The molecule has 74 valence electrons. The van der Waals surface area contributed by atoms with E-state index in [1.54, 1.807) is 11.8 Å². The molecule has 0 fully saturated rings. The molecule has 0 saturated carbocycles. The van der Waals surface area contributed by atoms with Gasteiger partial charge in [-0.1, -0.05) is 6.04 Å². The van der Waals surface area contributed by atoms with Gasteiger partial charge in [0.05, 0.1) is 14.0 Å². The van der Waals surface area contributed by atoms with E-state index in [1.165, 1.54) is 0 Å². The molecule has 0 aromatic carbocycles. The van der Waals surface area contributed by atoms with Crippen molar-refractivity contribution in [3.05, 3.63) is 0 Å². The zero-order valence-corrected chi connectivity index (χ0v) is 12.5. The van der Waals surface area contributed by atoms with E-state index in [9.17, 15) is 0 Å². The van der Waals surface area contributed by atoms with E-state index in [2.05, 4.69) is 0 Å². The average Bonchev–Trinajstić information content (AvgIpc) is 1.87. The van der Waals surface area contributed by atoms with Crippen molar-refractivity contribution < 1.29 is 0 Å². The fourth-order valence-electron chi connectivity index (χ4n) is 0.426. The lowest BCUT2D eigenvalue weighted by Gasteiger charge is -1.97. The van der Waals surface area contributed by atoms with Gasteiger partial charge < -0.3 is 0 Å². The van der Waals surface area contributed by atoms with Gasteiger partial charge in [-0.2, -0.15) is 34.7 Å². The van der Waals surface area contributed by atoms with Gasteiger partial charge in [0.15, 0.2) is 0 Å². The molecule has 0 N–H and O–H groups in total. The highest BCUT2D eigenvalue weighted by molar-refractivity contribution is 7.97. The summed E-state index contributed by atoms with van der Waals surface area (Å²) in [6.07, 6.45) is 4.91. The fraction of sp³-hybridized carbons (Fsp3) is 1.00. The van der Waals surface area contributed by atoms with Crippen molar-refractivity contribution in [1.82, 2.24) is 0 Å². The van der Waals surface area contributed by atoms with Crippen LogP contribution in [0.2, 0.25) is 12.4 Å². The first-order chi connectivity index (χ1) is 5.54. The Morgan fingerprint density at radius 3 is 2.00 bits per heavy atom. The first-order valence-electron chi connectivity index (χ1n) is 3.51. The number of hydrogen-bond donors (Lipinski definition) is 0. The highest BCUT2D eigenvalue weighted by atomic mass is 35.5. The van der Waals surface area contributed by atoms with Crippen LogP contribution in [0, 0.1) is 0 Å². The summed E-state index contributed by atoms with van der Waals surface area (Å²) in [5.41, 5.74) is -0.246. The largest absolute Gasteiger partial charge is 0.351 e. The lowest BCUT2D eigenvalue weighted by molar-refractivity contribution is 1.41. The molecule has 0 spiro atoms. The summed E-state index contributed by atoms with van der Waals surface area (Å²) < 4.78 is -0.142. The van der Waals surface area contributed by atoms with Crippen molar-refractivity contribution in [1.29, 1.82) is 0 Å². The van der Waals surface area contributed by atoms with Crippen molar-refractivity contribution in [3.8, 4) is 0 Å². The Hall–Kier alpha value is 1.79. The highest BCUT2D eigenvalue weighted by Crippen LogP contribution is 2.09. The molecule has 0 saturated heterocycles. The minimum Gasteiger partial charge on any atom is -0.172 e. The molecule has 0 heterocycles. The maximum Gasteiger partial charge on any atom is 0.351 e. The zero-order valence-electron chi connectivity index (χ0n) is 7.20. The summed E-state index contributed by atoms with van der Waals surface area (Å²) in [5, 5.41) is 0. The molecule has 0 unspecified atom stereocenters. The normalized spacial score (nSPS) is 10.2. The third-order valence-electron chi connectivity index (χ3n) is 0.845. The summed E-state index contributed by atoms with van der Waals surface area (Å²) in [7, 11) is -0.335. The second kappa shape index (κ2) is 12.8. The van der Waals surface area contributed by atoms with Crippen LogP contribution < -0.4 is 0 Å². The lowest BCUT2D eigenvalue weighted by atomic mass is 10.0. The molecule has 0 aromatic heterocycles. The standard InChI is InChI=1S/C3H7BCl4Si.C2H6S/c5-3(6)9-2-1-4(7)8;1-3-2/h3H,1-2,9H2;1-2H3. The average molecular weight is 286 g/mol. The second-order valence-corrected chi connectivity index (χ2v) is 8.63. The molecule has 0 bridgehead atoms. The lowest BCUT2D eigenvalue weighted by Crippen LogP contribution is -2.03. The topological polar surface area (TPSA) is 0 Å². The quantitative estimate of drug-likeness (QED) is 0.564. The van der Waals surface area contributed by atoms with Crippen LogP contribution in [0.3, 0.4) is 0 Å². The van der Waals surface area contributed by atoms with Crippen molar-refractivity contribution in [2.24, 2.45) is 0 Å². The van der Waals surface area contributed by atoms with Gasteiger partial charge in [-0.05, 0) is 18.8 Å². The van der Waals surface area contributed by atoms with Crippen molar-refractivity contribution in [2.45, 2.75) is 16.8 Å². The number of alkyl halides is 2. The first kappa shape index (κ1) is 16.2. The third-order valence-corrected chi connectivity index (χ3v) is 3.84. The second-order valence-electron chi connectivity index (χ2n) is 2.12. The Kier molecular flexibility index (Phi) is 17.3. The van der Waals surface area contributed by atoms with Crippen LogP contribution >= 0.6 is 57.9 Å². The molecule has 12 heavy (non-hydrogen) atoms. The Morgan fingerprint density at radius 1 is 1.33 bits per heavy atom. The van der Waals surface area contributed by atoms with E-state index in [-0.39, 0.29) is 19.5 Å². The van der Waals surface area contributed by atoms with Crippen LogP contribution in [0.5, 0.6) is 0 Å². The zero-order chi connectivity index (χ0) is 9.98. The third kappa shape index (κ3) is 22.6. The monoisotopic (exact) mass is 284 g/mol. The Bertz CT molecular complexity index is 77.8. The van der Waals surface area contributed by atoms with Crippen molar-refractivity contribution in [3.63, 3.8) is 0 Å². The Balaban J connectivity index is 0. The smallest absolute Gasteiger partial charge is 0.172 e. The van der Waals surface area contributed by atoms with Gasteiger partial charge in [0.25, 0.3) is 0 Å². The summed E-state index contributed by atoms with van der Waals surface area (Å²) in [4.78, 5) is 0. The summed E-state index contributed by atoms with van der Waals surface area (Å²) >= 11 is 23.7. The number of thioether (sulfide) groups is 1. The minimum absolute atomic E-state index is 0.142. The summed E-state index contributed by atoms with van der Waals surface area (Å²) in [6, 6.07) is 1.02. The molecule has 0 aromatic rings. The molecule has 0 aliphatic heterocycles. The van der Waals surface area contributed by atoms with Crippen LogP contribution in [0.25, 0.3) is 0 Å². The molecule has 0 aliphatic carbocycles. The Labute approximate surface area is 102 Å². The van der Waals surface area contributed by atoms with Gasteiger partial charge >= 0.3 is 5.54 Å². The fourth-order valence-corrected chi connectivity index (χ4v) is 3.13. The van der Waals surface area contributed by atoms with E-state index >= 15 is 0 Å². The first-order valence-corrected chi connectivity index (χ1v) is 8.70. The molecule has 0 rings (SSSR count). The van der Waals surface area contributed by atoms with Crippen molar-refractivity contribution in [2.75, 3.05) is 12.5 Å². The molecule has 7 heteroatoms. The molecular formula is C5H13BCl4SSi. The predicted molar refractivity (Wildman–Crippen MR) is 70.6 cm³/mol. The van der Waals surface area contributed by atoms with Crippen LogP contribution in [-0.2, 0) is 0 Å². The molecule has 0 aliphatic rings. The summed E-state index contributed by atoms with van der Waals surface area (Å²) in [6.45, 7) is 0. The van der Waals surface area contributed by atoms with Gasteiger partial charge in [-0.3, -0.25) is 0 Å². The molecular weight excluding hydrogens is 273 g/mol. The van der Waals surface area contributed by atoms with Crippen LogP contribution in [0.15, 0.2) is 0 Å². The number of hydrogen-bond acceptors (Lipinski definition) is 1. The van der Waals surface area contributed by atoms with Gasteiger partial charge in [0.1, 0.15) is 0 Å². The molecule has 0 atom stereocenters.